The van der Waals surface area contributed by atoms with Crippen molar-refractivity contribution >= 4 is 35.4 Å². The number of amides is 2. The number of anilines is 1. The Morgan fingerprint density at radius 2 is 2.03 bits per heavy atom. The Morgan fingerprint density at radius 3 is 2.77 bits per heavy atom. The van der Waals surface area contributed by atoms with Gasteiger partial charge in [-0.05, 0) is 50.4 Å². The zero-order valence-electron chi connectivity index (χ0n) is 17.5. The number of fused-ring (bicyclic) bond motifs is 2. The van der Waals surface area contributed by atoms with Crippen LogP contribution in [0.5, 0.6) is 0 Å². The average molecular weight is 406 g/mol. The van der Waals surface area contributed by atoms with Gasteiger partial charge >= 0.3 is 0 Å². The number of nitrogens with one attached hydrogen (secondary N) is 2. The third-order valence-corrected chi connectivity index (χ3v) is 5.79. The first-order valence-electron chi connectivity index (χ1n) is 10.1. The SMILES string of the molecule is Cc1c(/C=C2\C(=O)Nc3ccc(CC=O)cc32)[nH]c2c1C(=O)N(CCN(C)C)CC2. The van der Waals surface area contributed by atoms with E-state index in [9.17, 15) is 14.4 Å². The Balaban J connectivity index is 1.68. The second kappa shape index (κ2) is 7.91. The van der Waals surface area contributed by atoms with Crippen LogP contribution in [0, 0.1) is 6.92 Å². The molecule has 30 heavy (non-hydrogen) atoms. The van der Waals surface area contributed by atoms with Gasteiger partial charge in [0.05, 0.1) is 11.1 Å². The summed E-state index contributed by atoms with van der Waals surface area (Å²) in [6.45, 7) is 4.13. The Bertz CT molecular complexity index is 1060. The number of carbonyl (C=O) groups is 3. The highest BCUT2D eigenvalue weighted by Crippen LogP contribution is 2.35. The van der Waals surface area contributed by atoms with Crippen molar-refractivity contribution in [3.8, 4) is 0 Å². The van der Waals surface area contributed by atoms with E-state index in [0.29, 0.717) is 25.1 Å². The number of aldehydes is 1. The number of carbonyl (C=O) groups excluding carboxylic acids is 3. The van der Waals surface area contributed by atoms with Gasteiger partial charge in [0.15, 0.2) is 0 Å². The normalized spacial score (nSPS) is 16.8. The number of aromatic amines is 1. The van der Waals surface area contributed by atoms with Gasteiger partial charge in [0.25, 0.3) is 11.8 Å². The van der Waals surface area contributed by atoms with Crippen molar-refractivity contribution in [1.29, 1.82) is 0 Å². The van der Waals surface area contributed by atoms with E-state index in [1.54, 1.807) is 0 Å². The maximum Gasteiger partial charge on any atom is 0.256 e. The lowest BCUT2D eigenvalue weighted by Gasteiger charge is -2.28. The Kier molecular flexibility index (Phi) is 5.30. The highest BCUT2D eigenvalue weighted by atomic mass is 16.2. The molecule has 1 aromatic carbocycles. The zero-order valence-corrected chi connectivity index (χ0v) is 17.5. The average Bonchev–Trinajstić information content (AvgIpc) is 3.19. The molecule has 2 aromatic rings. The van der Waals surface area contributed by atoms with Gasteiger partial charge in [-0.1, -0.05) is 6.07 Å². The number of rotatable bonds is 6. The highest BCUT2D eigenvalue weighted by molar-refractivity contribution is 6.35. The molecule has 3 heterocycles. The number of nitrogens with zero attached hydrogens (tertiary/aromatic N) is 2. The molecule has 0 aliphatic carbocycles. The molecule has 0 saturated heterocycles. The predicted octanol–water partition coefficient (Wildman–Crippen LogP) is 2.12. The summed E-state index contributed by atoms with van der Waals surface area (Å²) in [6, 6.07) is 5.54. The highest BCUT2D eigenvalue weighted by Gasteiger charge is 2.30. The maximum atomic E-state index is 13.0. The van der Waals surface area contributed by atoms with Crippen LogP contribution in [0.4, 0.5) is 5.69 Å². The molecule has 2 aliphatic heterocycles. The van der Waals surface area contributed by atoms with Crippen LogP contribution in [0.3, 0.4) is 0 Å². The van der Waals surface area contributed by atoms with E-state index >= 15 is 0 Å². The van der Waals surface area contributed by atoms with Gasteiger partial charge in [-0.2, -0.15) is 0 Å². The lowest BCUT2D eigenvalue weighted by Crippen LogP contribution is -2.41. The van der Waals surface area contributed by atoms with Crippen LogP contribution in [0.1, 0.15) is 38.4 Å². The van der Waals surface area contributed by atoms with Crippen LogP contribution in [0.2, 0.25) is 0 Å². The molecule has 0 bridgehead atoms. The van der Waals surface area contributed by atoms with Crippen molar-refractivity contribution in [1.82, 2.24) is 14.8 Å². The summed E-state index contributed by atoms with van der Waals surface area (Å²) in [5.41, 5.74) is 6.21. The third-order valence-electron chi connectivity index (χ3n) is 5.79. The molecule has 0 radical (unpaired) electrons. The van der Waals surface area contributed by atoms with Crippen molar-refractivity contribution in [3.63, 3.8) is 0 Å². The van der Waals surface area contributed by atoms with Gasteiger partial charge in [-0.15, -0.1) is 0 Å². The standard InChI is InChI=1S/C23H26N4O3/c1-14-20(24-19-6-8-27(10-9-26(2)3)23(30)21(14)19)13-17-16-12-15(7-11-28)4-5-18(16)25-22(17)29/h4-5,11-13,24H,6-10H2,1-3H3,(H,25,29)/b17-13-. The van der Waals surface area contributed by atoms with Crippen LogP contribution in [-0.2, 0) is 22.4 Å². The molecule has 0 spiro atoms. The summed E-state index contributed by atoms with van der Waals surface area (Å²) in [4.78, 5) is 43.8. The number of H-pyrrole nitrogens is 1. The van der Waals surface area contributed by atoms with Crippen LogP contribution in [-0.4, -0.2) is 66.6 Å². The lowest BCUT2D eigenvalue weighted by molar-refractivity contribution is -0.110. The topological polar surface area (TPSA) is 85.5 Å². The van der Waals surface area contributed by atoms with E-state index < -0.39 is 0 Å². The first-order valence-corrected chi connectivity index (χ1v) is 10.1. The molecular weight excluding hydrogens is 380 g/mol. The van der Waals surface area contributed by atoms with E-state index in [1.807, 2.05) is 50.2 Å². The van der Waals surface area contributed by atoms with Gasteiger partial charge < -0.3 is 24.9 Å². The van der Waals surface area contributed by atoms with E-state index in [0.717, 1.165) is 58.6 Å². The molecule has 0 saturated carbocycles. The largest absolute Gasteiger partial charge is 0.358 e. The van der Waals surface area contributed by atoms with Crippen LogP contribution in [0.25, 0.3) is 11.6 Å². The minimum atomic E-state index is -0.181. The fourth-order valence-corrected chi connectivity index (χ4v) is 4.09. The molecule has 0 fully saturated rings. The fourth-order valence-electron chi connectivity index (χ4n) is 4.09. The smallest absolute Gasteiger partial charge is 0.256 e. The van der Waals surface area contributed by atoms with E-state index in [1.165, 1.54) is 0 Å². The molecule has 0 atom stereocenters. The third kappa shape index (κ3) is 3.57. The van der Waals surface area contributed by atoms with Gasteiger partial charge in [-0.25, -0.2) is 0 Å². The molecular formula is C23H26N4O3. The zero-order chi connectivity index (χ0) is 21.4. The first kappa shape index (κ1) is 20.1. The number of benzene rings is 1. The number of hydrogen-bond donors (Lipinski definition) is 2. The monoisotopic (exact) mass is 406 g/mol. The maximum absolute atomic E-state index is 13.0. The first-order chi connectivity index (χ1) is 14.4. The van der Waals surface area contributed by atoms with E-state index in [-0.39, 0.29) is 11.8 Å². The summed E-state index contributed by atoms with van der Waals surface area (Å²) in [7, 11) is 3.99. The molecule has 0 unspecified atom stereocenters. The number of hydrogen-bond acceptors (Lipinski definition) is 4. The number of aromatic nitrogens is 1. The van der Waals surface area contributed by atoms with Gasteiger partial charge in [0.2, 0.25) is 0 Å². The van der Waals surface area contributed by atoms with Crippen molar-refractivity contribution in [2.75, 3.05) is 39.0 Å². The predicted molar refractivity (Wildman–Crippen MR) is 116 cm³/mol. The van der Waals surface area contributed by atoms with Crippen LogP contribution in [0.15, 0.2) is 18.2 Å². The van der Waals surface area contributed by atoms with E-state index in [4.69, 9.17) is 0 Å². The van der Waals surface area contributed by atoms with Crippen LogP contribution >= 0.6 is 0 Å². The molecule has 2 amide bonds. The minimum absolute atomic E-state index is 0.0426. The second-order valence-electron chi connectivity index (χ2n) is 8.13. The van der Waals surface area contributed by atoms with Gasteiger partial charge in [-0.3, -0.25) is 9.59 Å². The van der Waals surface area contributed by atoms with Gasteiger partial charge in [0.1, 0.15) is 6.29 Å². The van der Waals surface area contributed by atoms with Crippen molar-refractivity contribution in [2.45, 2.75) is 19.8 Å². The van der Waals surface area contributed by atoms with Crippen molar-refractivity contribution < 1.29 is 14.4 Å². The summed E-state index contributed by atoms with van der Waals surface area (Å²) in [5.74, 6) is -0.139. The Morgan fingerprint density at radius 1 is 1.23 bits per heavy atom. The van der Waals surface area contributed by atoms with Crippen LogP contribution < -0.4 is 5.32 Å². The molecule has 1 aromatic heterocycles. The Labute approximate surface area is 175 Å². The molecule has 156 valence electrons. The van der Waals surface area contributed by atoms with Crippen molar-refractivity contribution in [3.05, 3.63) is 51.8 Å². The summed E-state index contributed by atoms with van der Waals surface area (Å²) < 4.78 is 0. The second-order valence-corrected chi connectivity index (χ2v) is 8.13. The molecule has 7 nitrogen and oxygen atoms in total. The van der Waals surface area contributed by atoms with E-state index in [2.05, 4.69) is 15.2 Å². The van der Waals surface area contributed by atoms with Crippen molar-refractivity contribution in [2.24, 2.45) is 0 Å². The molecule has 4 rings (SSSR count). The quantitative estimate of drug-likeness (QED) is 0.568. The Hall–Kier alpha value is -3.19. The summed E-state index contributed by atoms with van der Waals surface area (Å²) >= 11 is 0. The number of likely N-dealkylation sites (N-methyl/N-ethyl adjacent to an activating group) is 1. The van der Waals surface area contributed by atoms with Gasteiger partial charge in [0, 0.05) is 55.1 Å². The molecule has 7 heteroatoms. The lowest BCUT2D eigenvalue weighted by atomic mass is 9.99. The fraction of sp³-hybridized carbons (Fsp3) is 0.348. The molecule has 2 aliphatic rings. The molecule has 2 N–H and O–H groups in total. The summed E-state index contributed by atoms with van der Waals surface area (Å²) in [5, 5.41) is 2.87. The summed E-state index contributed by atoms with van der Waals surface area (Å²) in [6.07, 6.45) is 3.75. The minimum Gasteiger partial charge on any atom is -0.358 e.